The summed E-state index contributed by atoms with van der Waals surface area (Å²) in [5.74, 6) is 1.18. The van der Waals surface area contributed by atoms with Crippen LogP contribution in [0.4, 0.5) is 0 Å². The van der Waals surface area contributed by atoms with Gasteiger partial charge in [-0.3, -0.25) is 0 Å². The Labute approximate surface area is 127 Å². The second kappa shape index (κ2) is 7.66. The molecule has 4 heteroatoms. The Hall–Kier alpha value is -1.26. The van der Waals surface area contributed by atoms with E-state index < -0.39 is 0 Å². The van der Waals surface area contributed by atoms with Gasteiger partial charge in [0.1, 0.15) is 11.5 Å². The van der Waals surface area contributed by atoms with E-state index in [9.17, 15) is 10.2 Å². The zero-order valence-electron chi connectivity index (χ0n) is 13.2. The Morgan fingerprint density at radius 2 is 1.86 bits per heavy atom. The minimum Gasteiger partial charge on any atom is -0.507 e. The molecule has 0 bridgehead atoms. The molecule has 1 saturated heterocycles. The largest absolute Gasteiger partial charge is 0.507 e. The molecule has 118 valence electrons. The van der Waals surface area contributed by atoms with E-state index in [-0.39, 0.29) is 17.5 Å². The van der Waals surface area contributed by atoms with Crippen molar-refractivity contribution in [1.82, 2.24) is 10.2 Å². The molecule has 1 heterocycles. The first-order valence-corrected chi connectivity index (χ1v) is 8.04. The zero-order chi connectivity index (χ0) is 15.2. The first-order valence-electron chi connectivity index (χ1n) is 8.04. The van der Waals surface area contributed by atoms with Crippen molar-refractivity contribution < 1.29 is 10.2 Å². The number of hydrogen-bond donors (Lipinski definition) is 3. The Balaban J connectivity index is 1.71. The molecule has 0 saturated carbocycles. The maximum Gasteiger partial charge on any atom is 0.124 e. The second-order valence-corrected chi connectivity index (χ2v) is 6.26. The molecule has 4 nitrogen and oxygen atoms in total. The molecule has 1 aliphatic heterocycles. The van der Waals surface area contributed by atoms with Crippen molar-refractivity contribution in [2.75, 3.05) is 26.2 Å². The van der Waals surface area contributed by atoms with Gasteiger partial charge in [0.15, 0.2) is 0 Å². The number of rotatable bonds is 6. The molecule has 3 N–H and O–H groups in total. The van der Waals surface area contributed by atoms with Gasteiger partial charge >= 0.3 is 0 Å². The third-order valence-electron chi connectivity index (χ3n) is 4.47. The smallest absolute Gasteiger partial charge is 0.124 e. The minimum absolute atomic E-state index is 0.0485. The Bertz CT molecular complexity index is 422. The molecule has 1 unspecified atom stereocenters. The van der Waals surface area contributed by atoms with E-state index in [4.69, 9.17) is 0 Å². The zero-order valence-corrected chi connectivity index (χ0v) is 13.2. The van der Waals surface area contributed by atoms with Crippen LogP contribution in [-0.4, -0.2) is 41.3 Å². The van der Waals surface area contributed by atoms with Crippen molar-refractivity contribution in [3.8, 4) is 11.5 Å². The number of phenols is 2. The maximum atomic E-state index is 9.84. The second-order valence-electron chi connectivity index (χ2n) is 6.26. The molecule has 0 amide bonds. The first kappa shape index (κ1) is 16.1. The molecule has 2 rings (SSSR count). The van der Waals surface area contributed by atoms with Gasteiger partial charge in [0.2, 0.25) is 0 Å². The van der Waals surface area contributed by atoms with Crippen molar-refractivity contribution in [3.05, 3.63) is 23.8 Å². The summed E-state index contributed by atoms with van der Waals surface area (Å²) in [6.07, 6.45) is 3.72. The average molecular weight is 292 g/mol. The highest BCUT2D eigenvalue weighted by molar-refractivity contribution is 5.44. The van der Waals surface area contributed by atoms with E-state index >= 15 is 0 Å². The summed E-state index contributed by atoms with van der Waals surface area (Å²) in [6.45, 7) is 8.75. The molecule has 1 aromatic carbocycles. The number of nitrogens with one attached hydrogen (secondary N) is 1. The van der Waals surface area contributed by atoms with Crippen molar-refractivity contribution in [3.63, 3.8) is 0 Å². The maximum absolute atomic E-state index is 9.84. The monoisotopic (exact) mass is 292 g/mol. The lowest BCUT2D eigenvalue weighted by molar-refractivity contribution is 0.190. The molecule has 0 aliphatic carbocycles. The number of piperidine rings is 1. The fraction of sp³-hybridized carbons (Fsp3) is 0.647. The molecule has 0 spiro atoms. The van der Waals surface area contributed by atoms with Gasteiger partial charge in [-0.1, -0.05) is 13.0 Å². The van der Waals surface area contributed by atoms with Gasteiger partial charge in [-0.2, -0.15) is 0 Å². The minimum atomic E-state index is -0.0485. The lowest BCUT2D eigenvalue weighted by atomic mass is 9.99. The topological polar surface area (TPSA) is 55.7 Å². The average Bonchev–Trinajstić information content (AvgIpc) is 2.45. The number of benzene rings is 1. The van der Waals surface area contributed by atoms with Crippen LogP contribution in [0.1, 0.15) is 44.7 Å². The van der Waals surface area contributed by atoms with E-state index in [1.807, 2.05) is 6.92 Å². The van der Waals surface area contributed by atoms with Gasteiger partial charge in [-0.05, 0) is 70.4 Å². The normalized spacial score (nSPS) is 18.8. The lowest BCUT2D eigenvalue weighted by Gasteiger charge is -2.30. The standard InChI is InChI=1S/C17H28N2O2/c1-13-7-11-19(12-8-13)10-4-9-18-14(2)17-15(20)5-3-6-16(17)21/h3,5-6,13-14,18,20-21H,4,7-12H2,1-2H3. The Kier molecular flexibility index (Phi) is 5.88. The molecule has 0 radical (unpaired) electrons. The van der Waals surface area contributed by atoms with Crippen molar-refractivity contribution in [2.45, 2.75) is 39.2 Å². The van der Waals surface area contributed by atoms with Crippen molar-refractivity contribution in [2.24, 2.45) is 5.92 Å². The van der Waals surface area contributed by atoms with Gasteiger partial charge in [0.05, 0.1) is 5.56 Å². The van der Waals surface area contributed by atoms with Crippen LogP contribution in [0, 0.1) is 5.92 Å². The molecule has 1 fully saturated rings. The lowest BCUT2D eigenvalue weighted by Crippen LogP contribution is -2.35. The molecular weight excluding hydrogens is 264 g/mol. The summed E-state index contributed by atoms with van der Waals surface area (Å²) in [7, 11) is 0. The Morgan fingerprint density at radius 3 is 2.48 bits per heavy atom. The van der Waals surface area contributed by atoms with Gasteiger partial charge in [-0.15, -0.1) is 0 Å². The van der Waals surface area contributed by atoms with Crippen LogP contribution in [0.5, 0.6) is 11.5 Å². The van der Waals surface area contributed by atoms with E-state index in [1.165, 1.54) is 25.9 Å². The number of likely N-dealkylation sites (tertiary alicyclic amines) is 1. The van der Waals surface area contributed by atoms with Crippen LogP contribution in [0.15, 0.2) is 18.2 Å². The van der Waals surface area contributed by atoms with Crippen LogP contribution in [-0.2, 0) is 0 Å². The highest BCUT2D eigenvalue weighted by Gasteiger charge is 2.16. The van der Waals surface area contributed by atoms with Gasteiger partial charge < -0.3 is 20.4 Å². The quantitative estimate of drug-likeness (QED) is 0.706. The fourth-order valence-electron chi connectivity index (χ4n) is 2.99. The third kappa shape index (κ3) is 4.61. The van der Waals surface area contributed by atoms with Crippen molar-refractivity contribution in [1.29, 1.82) is 0 Å². The summed E-state index contributed by atoms with van der Waals surface area (Å²) >= 11 is 0. The van der Waals surface area contributed by atoms with Gasteiger partial charge in [-0.25, -0.2) is 0 Å². The molecular formula is C17H28N2O2. The molecule has 21 heavy (non-hydrogen) atoms. The summed E-state index contributed by atoms with van der Waals surface area (Å²) in [5.41, 5.74) is 0.587. The predicted molar refractivity (Wildman–Crippen MR) is 85.6 cm³/mol. The molecule has 1 aromatic rings. The van der Waals surface area contributed by atoms with Crippen LogP contribution >= 0.6 is 0 Å². The molecule has 0 aromatic heterocycles. The fourth-order valence-corrected chi connectivity index (χ4v) is 2.99. The van der Waals surface area contributed by atoms with E-state index in [0.29, 0.717) is 5.56 Å². The van der Waals surface area contributed by atoms with Gasteiger partial charge in [0, 0.05) is 6.04 Å². The van der Waals surface area contributed by atoms with Crippen LogP contribution in [0.2, 0.25) is 0 Å². The SMILES string of the molecule is CC1CCN(CCCNC(C)c2c(O)cccc2O)CC1. The summed E-state index contributed by atoms with van der Waals surface area (Å²) in [6, 6.07) is 4.83. The van der Waals surface area contributed by atoms with Crippen LogP contribution in [0.25, 0.3) is 0 Å². The number of hydrogen-bond acceptors (Lipinski definition) is 4. The third-order valence-corrected chi connectivity index (χ3v) is 4.47. The van der Waals surface area contributed by atoms with Crippen LogP contribution < -0.4 is 5.32 Å². The number of nitrogens with zero attached hydrogens (tertiary/aromatic N) is 1. The number of aromatic hydroxyl groups is 2. The van der Waals surface area contributed by atoms with Crippen molar-refractivity contribution >= 4 is 0 Å². The summed E-state index contributed by atoms with van der Waals surface area (Å²) in [4.78, 5) is 2.53. The van der Waals surface area contributed by atoms with Gasteiger partial charge in [0.25, 0.3) is 0 Å². The number of phenolic OH excluding ortho intramolecular Hbond substituents is 2. The first-order chi connectivity index (χ1) is 10.1. The molecule has 1 aliphatic rings. The Morgan fingerprint density at radius 1 is 1.24 bits per heavy atom. The van der Waals surface area contributed by atoms with E-state index in [0.717, 1.165) is 25.4 Å². The molecule has 1 atom stereocenters. The van der Waals surface area contributed by atoms with Crippen LogP contribution in [0.3, 0.4) is 0 Å². The van der Waals surface area contributed by atoms with E-state index in [1.54, 1.807) is 18.2 Å². The predicted octanol–water partition coefficient (Wildman–Crippen LogP) is 2.87. The van der Waals surface area contributed by atoms with E-state index in [2.05, 4.69) is 17.1 Å². The highest BCUT2D eigenvalue weighted by Crippen LogP contribution is 2.31. The summed E-state index contributed by atoms with van der Waals surface area (Å²) in [5, 5.41) is 23.1. The highest BCUT2D eigenvalue weighted by atomic mass is 16.3. The summed E-state index contributed by atoms with van der Waals surface area (Å²) < 4.78 is 0.